The number of fused-ring (bicyclic) bond motifs is 1. The maximum atomic E-state index is 12.8. The summed E-state index contributed by atoms with van der Waals surface area (Å²) < 4.78 is 52.3. The summed E-state index contributed by atoms with van der Waals surface area (Å²) in [5, 5.41) is 0.377. The highest BCUT2D eigenvalue weighted by Gasteiger charge is 2.31. The minimum Gasteiger partial charge on any atom is -0.489 e. The van der Waals surface area contributed by atoms with Gasteiger partial charge in [0.15, 0.2) is 5.43 Å². The number of hydrogen-bond acceptors (Lipinski definition) is 5. The van der Waals surface area contributed by atoms with E-state index in [1.807, 2.05) is 0 Å². The molecule has 0 saturated carbocycles. The third-order valence-corrected chi connectivity index (χ3v) is 4.51. The fraction of sp³-hybridized carbons (Fsp3) is 0.0870. The Labute approximate surface area is 174 Å². The van der Waals surface area contributed by atoms with Crippen LogP contribution in [0.25, 0.3) is 22.1 Å². The SMILES string of the molecule is Nc1ccc(-c2coc3cc(OCc4cccc(OC(F)(F)F)c4)ccc3c2=O)cc1. The van der Waals surface area contributed by atoms with Crippen molar-refractivity contribution >= 4 is 16.7 Å². The molecule has 0 amide bonds. The summed E-state index contributed by atoms with van der Waals surface area (Å²) in [6.07, 6.45) is -3.39. The average Bonchev–Trinajstić information content (AvgIpc) is 2.72. The fourth-order valence-corrected chi connectivity index (χ4v) is 3.06. The van der Waals surface area contributed by atoms with Crippen LogP contribution in [-0.2, 0) is 6.61 Å². The average molecular weight is 427 g/mol. The zero-order valence-corrected chi connectivity index (χ0v) is 16.0. The summed E-state index contributed by atoms with van der Waals surface area (Å²) in [6, 6.07) is 17.1. The molecule has 8 heteroatoms. The van der Waals surface area contributed by atoms with E-state index in [9.17, 15) is 18.0 Å². The van der Waals surface area contributed by atoms with Crippen LogP contribution in [-0.4, -0.2) is 6.36 Å². The molecule has 4 aromatic rings. The highest BCUT2D eigenvalue weighted by Crippen LogP contribution is 2.26. The molecule has 158 valence electrons. The van der Waals surface area contributed by atoms with Crippen molar-refractivity contribution in [3.05, 3.63) is 88.8 Å². The number of alkyl halides is 3. The summed E-state index contributed by atoms with van der Waals surface area (Å²) in [4.78, 5) is 12.8. The van der Waals surface area contributed by atoms with E-state index < -0.39 is 6.36 Å². The van der Waals surface area contributed by atoms with Crippen molar-refractivity contribution in [3.63, 3.8) is 0 Å². The van der Waals surface area contributed by atoms with E-state index in [-0.39, 0.29) is 17.8 Å². The molecule has 5 nitrogen and oxygen atoms in total. The predicted octanol–water partition coefficient (Wildman–Crippen LogP) is 5.52. The molecule has 0 spiro atoms. The molecule has 0 aliphatic heterocycles. The van der Waals surface area contributed by atoms with E-state index >= 15 is 0 Å². The molecule has 2 N–H and O–H groups in total. The van der Waals surface area contributed by atoms with E-state index in [0.29, 0.717) is 39.1 Å². The zero-order chi connectivity index (χ0) is 22.0. The number of ether oxygens (including phenoxy) is 2. The highest BCUT2D eigenvalue weighted by atomic mass is 19.4. The molecule has 0 aliphatic rings. The van der Waals surface area contributed by atoms with E-state index in [2.05, 4.69) is 4.74 Å². The second-order valence-electron chi connectivity index (χ2n) is 6.74. The Morgan fingerprint density at radius 3 is 2.45 bits per heavy atom. The zero-order valence-electron chi connectivity index (χ0n) is 16.0. The first kappa shape index (κ1) is 20.3. The Hall–Kier alpha value is -3.94. The number of benzene rings is 3. The first-order valence-electron chi connectivity index (χ1n) is 9.17. The topological polar surface area (TPSA) is 74.7 Å². The second-order valence-corrected chi connectivity index (χ2v) is 6.74. The van der Waals surface area contributed by atoms with Crippen LogP contribution in [0.5, 0.6) is 11.5 Å². The van der Waals surface area contributed by atoms with Crippen LogP contribution in [0, 0.1) is 0 Å². The Morgan fingerprint density at radius 2 is 1.71 bits per heavy atom. The predicted molar refractivity (Wildman–Crippen MR) is 110 cm³/mol. The van der Waals surface area contributed by atoms with Gasteiger partial charge in [0.1, 0.15) is 30.0 Å². The monoisotopic (exact) mass is 427 g/mol. The molecule has 0 fully saturated rings. The van der Waals surface area contributed by atoms with Gasteiger partial charge in [-0.3, -0.25) is 4.79 Å². The van der Waals surface area contributed by atoms with Crippen molar-refractivity contribution in [2.45, 2.75) is 13.0 Å². The molecule has 0 radical (unpaired) electrons. The van der Waals surface area contributed by atoms with Crippen molar-refractivity contribution in [1.29, 1.82) is 0 Å². The first-order valence-corrected chi connectivity index (χ1v) is 9.17. The Morgan fingerprint density at radius 1 is 0.935 bits per heavy atom. The van der Waals surface area contributed by atoms with Gasteiger partial charge in [-0.25, -0.2) is 0 Å². The summed E-state index contributed by atoms with van der Waals surface area (Å²) >= 11 is 0. The minimum atomic E-state index is -4.76. The van der Waals surface area contributed by atoms with Gasteiger partial charge in [0.25, 0.3) is 0 Å². The van der Waals surface area contributed by atoms with Gasteiger partial charge in [-0.05, 0) is 47.5 Å². The molecular weight excluding hydrogens is 411 g/mol. The number of halogens is 3. The molecule has 31 heavy (non-hydrogen) atoms. The van der Waals surface area contributed by atoms with Crippen LogP contribution in [0.4, 0.5) is 18.9 Å². The van der Waals surface area contributed by atoms with Gasteiger partial charge in [-0.1, -0.05) is 24.3 Å². The van der Waals surface area contributed by atoms with Gasteiger partial charge >= 0.3 is 6.36 Å². The van der Waals surface area contributed by atoms with Crippen LogP contribution in [0.3, 0.4) is 0 Å². The van der Waals surface area contributed by atoms with Crippen molar-refractivity contribution in [1.82, 2.24) is 0 Å². The maximum absolute atomic E-state index is 12.8. The number of hydrogen-bond donors (Lipinski definition) is 1. The van der Waals surface area contributed by atoms with Crippen LogP contribution in [0.1, 0.15) is 5.56 Å². The van der Waals surface area contributed by atoms with Crippen molar-refractivity contribution in [2.75, 3.05) is 5.73 Å². The lowest BCUT2D eigenvalue weighted by Gasteiger charge is -2.11. The second kappa shape index (κ2) is 8.06. The number of anilines is 1. The summed E-state index contributed by atoms with van der Waals surface area (Å²) in [5.41, 5.74) is 7.98. The standard InChI is InChI=1S/C23H16F3NO4/c24-23(25,26)31-18-3-1-2-14(10-18)12-29-17-8-9-19-21(11-17)30-13-20(22(19)28)15-4-6-16(27)7-5-15/h1-11,13H,12,27H2. The Kier molecular flexibility index (Phi) is 5.29. The minimum absolute atomic E-state index is 0.00825. The van der Waals surface area contributed by atoms with Gasteiger partial charge in [-0.15, -0.1) is 13.2 Å². The lowest BCUT2D eigenvalue weighted by Crippen LogP contribution is -2.17. The van der Waals surface area contributed by atoms with Crippen molar-refractivity contribution in [3.8, 4) is 22.6 Å². The molecule has 1 heterocycles. The summed E-state index contributed by atoms with van der Waals surface area (Å²) in [6.45, 7) is 0.00825. The molecule has 1 aromatic heterocycles. The number of nitrogens with two attached hydrogens (primary N) is 1. The maximum Gasteiger partial charge on any atom is 0.573 e. The van der Waals surface area contributed by atoms with Crippen LogP contribution >= 0.6 is 0 Å². The lowest BCUT2D eigenvalue weighted by molar-refractivity contribution is -0.274. The molecule has 0 atom stereocenters. The summed E-state index contributed by atoms with van der Waals surface area (Å²) in [5.74, 6) is 0.0753. The molecule has 3 aromatic carbocycles. The molecule has 0 bridgehead atoms. The largest absolute Gasteiger partial charge is 0.573 e. The first-order chi connectivity index (χ1) is 14.8. The van der Waals surface area contributed by atoms with E-state index in [0.717, 1.165) is 0 Å². The smallest absolute Gasteiger partial charge is 0.489 e. The lowest BCUT2D eigenvalue weighted by atomic mass is 10.1. The quantitative estimate of drug-likeness (QED) is 0.425. The van der Waals surface area contributed by atoms with E-state index in [1.54, 1.807) is 48.5 Å². The van der Waals surface area contributed by atoms with Gasteiger partial charge in [-0.2, -0.15) is 0 Å². The van der Waals surface area contributed by atoms with Crippen molar-refractivity contribution < 1.29 is 27.1 Å². The van der Waals surface area contributed by atoms with Gasteiger partial charge in [0.05, 0.1) is 10.9 Å². The number of rotatable bonds is 5. The Bertz CT molecular complexity index is 1280. The van der Waals surface area contributed by atoms with Crippen LogP contribution < -0.4 is 20.6 Å². The molecule has 0 unspecified atom stereocenters. The molecule has 0 aliphatic carbocycles. The number of nitrogen functional groups attached to an aromatic ring is 1. The fourth-order valence-electron chi connectivity index (χ4n) is 3.06. The third-order valence-electron chi connectivity index (χ3n) is 4.51. The Balaban J connectivity index is 1.54. The molecule has 4 rings (SSSR count). The molecular formula is C23H16F3NO4. The third kappa shape index (κ3) is 4.80. The van der Waals surface area contributed by atoms with Gasteiger partial charge in [0, 0.05) is 11.8 Å². The van der Waals surface area contributed by atoms with Crippen molar-refractivity contribution in [2.24, 2.45) is 0 Å². The van der Waals surface area contributed by atoms with Gasteiger partial charge in [0.2, 0.25) is 0 Å². The highest BCUT2D eigenvalue weighted by molar-refractivity contribution is 5.82. The van der Waals surface area contributed by atoms with Crippen LogP contribution in [0.2, 0.25) is 0 Å². The van der Waals surface area contributed by atoms with E-state index in [1.165, 1.54) is 24.5 Å². The van der Waals surface area contributed by atoms with Gasteiger partial charge < -0.3 is 19.6 Å². The van der Waals surface area contributed by atoms with Crippen LogP contribution in [0.15, 0.2) is 82.2 Å². The molecule has 0 saturated heterocycles. The summed E-state index contributed by atoms with van der Waals surface area (Å²) in [7, 11) is 0. The normalized spacial score (nSPS) is 11.5. The van der Waals surface area contributed by atoms with E-state index in [4.69, 9.17) is 14.9 Å².